The molecule has 2 heterocycles. The molecule has 1 amide bonds. The average Bonchev–Trinajstić information content (AvgIpc) is 3.09. The maximum atomic E-state index is 10.8. The van der Waals surface area contributed by atoms with Crippen LogP contribution in [0.15, 0.2) is 24.4 Å². The van der Waals surface area contributed by atoms with Gasteiger partial charge < -0.3 is 15.2 Å². The van der Waals surface area contributed by atoms with Crippen LogP contribution in [0.1, 0.15) is 31.9 Å². The second kappa shape index (κ2) is 7.91. The smallest absolute Gasteiger partial charge is 0.293 e. The van der Waals surface area contributed by atoms with Crippen molar-refractivity contribution >= 4 is 5.91 Å². The lowest BCUT2D eigenvalue weighted by Crippen LogP contribution is -2.39. The third-order valence-electron chi connectivity index (χ3n) is 4.29. The van der Waals surface area contributed by atoms with Gasteiger partial charge in [0.15, 0.2) is 6.29 Å². The van der Waals surface area contributed by atoms with Crippen LogP contribution in [-0.4, -0.2) is 40.4 Å². The lowest BCUT2D eigenvalue weighted by Gasteiger charge is -2.34. The van der Waals surface area contributed by atoms with E-state index in [4.69, 9.17) is 15.2 Å². The molecule has 7 heteroatoms. The van der Waals surface area contributed by atoms with Gasteiger partial charge in [0, 0.05) is 16.5 Å². The second-order valence-corrected chi connectivity index (χ2v) is 7.38. The maximum Gasteiger partial charge on any atom is 0.293 e. The molecule has 0 radical (unpaired) electrons. The summed E-state index contributed by atoms with van der Waals surface area (Å²) in [6, 6.07) is 5.73. The Labute approximate surface area is 158 Å². The topological polar surface area (TPSA) is 92.3 Å². The SMILES string of the molecule is CCc1cc(C#CC(N)=O)ccc1-c1cn(CC2OCC(C)(C)CO2)nn1. The summed E-state index contributed by atoms with van der Waals surface area (Å²) >= 11 is 0. The highest BCUT2D eigenvalue weighted by Crippen LogP contribution is 2.25. The molecule has 1 fully saturated rings. The molecule has 2 N–H and O–H groups in total. The van der Waals surface area contributed by atoms with Gasteiger partial charge >= 0.3 is 0 Å². The summed E-state index contributed by atoms with van der Waals surface area (Å²) < 4.78 is 13.2. The van der Waals surface area contributed by atoms with E-state index in [9.17, 15) is 4.79 Å². The average molecular weight is 368 g/mol. The molecule has 7 nitrogen and oxygen atoms in total. The van der Waals surface area contributed by atoms with Crippen LogP contribution in [0, 0.1) is 17.3 Å². The molecule has 1 saturated heterocycles. The number of primary amides is 1. The van der Waals surface area contributed by atoms with Crippen molar-refractivity contribution < 1.29 is 14.3 Å². The number of nitrogens with zero attached hydrogens (tertiary/aromatic N) is 3. The monoisotopic (exact) mass is 368 g/mol. The number of ether oxygens (including phenoxy) is 2. The molecule has 27 heavy (non-hydrogen) atoms. The number of carbonyl (C=O) groups is 1. The summed E-state index contributed by atoms with van der Waals surface area (Å²) in [4.78, 5) is 10.8. The van der Waals surface area contributed by atoms with Gasteiger partial charge in [-0.1, -0.05) is 38.0 Å². The van der Waals surface area contributed by atoms with Crippen LogP contribution in [-0.2, 0) is 27.2 Å². The minimum absolute atomic E-state index is 0.0409. The number of rotatable bonds is 4. The zero-order valence-corrected chi connectivity index (χ0v) is 15.9. The fraction of sp³-hybridized carbons (Fsp3) is 0.450. The Hall–Kier alpha value is -2.69. The number of hydrogen-bond acceptors (Lipinski definition) is 5. The first-order valence-electron chi connectivity index (χ1n) is 8.94. The Kier molecular flexibility index (Phi) is 5.59. The lowest BCUT2D eigenvalue weighted by atomic mass is 9.96. The second-order valence-electron chi connectivity index (χ2n) is 7.38. The number of hydrogen-bond donors (Lipinski definition) is 1. The predicted molar refractivity (Wildman–Crippen MR) is 100 cm³/mol. The summed E-state index contributed by atoms with van der Waals surface area (Å²) in [7, 11) is 0. The van der Waals surface area contributed by atoms with E-state index in [1.807, 2.05) is 24.4 Å². The molecule has 0 saturated carbocycles. The van der Waals surface area contributed by atoms with Crippen LogP contribution in [0.4, 0.5) is 0 Å². The maximum absolute atomic E-state index is 10.8. The van der Waals surface area contributed by atoms with Crippen molar-refractivity contribution in [3.8, 4) is 23.1 Å². The number of benzene rings is 1. The molecule has 0 atom stereocenters. The Morgan fingerprint density at radius 3 is 2.78 bits per heavy atom. The Bertz CT molecular complexity index is 882. The van der Waals surface area contributed by atoms with E-state index in [1.54, 1.807) is 4.68 Å². The first-order valence-corrected chi connectivity index (χ1v) is 8.94. The molecule has 1 aromatic carbocycles. The molecule has 0 bridgehead atoms. The molecule has 1 aliphatic rings. The first-order chi connectivity index (χ1) is 12.9. The molecule has 0 spiro atoms. The summed E-state index contributed by atoms with van der Waals surface area (Å²) in [6.45, 7) is 8.09. The Balaban J connectivity index is 1.74. The first kappa shape index (κ1) is 19.1. The van der Waals surface area contributed by atoms with Gasteiger partial charge in [0.2, 0.25) is 0 Å². The molecular weight excluding hydrogens is 344 g/mol. The highest BCUT2D eigenvalue weighted by atomic mass is 16.7. The van der Waals surface area contributed by atoms with Gasteiger partial charge in [0.05, 0.1) is 26.0 Å². The predicted octanol–water partition coefficient (Wildman–Crippen LogP) is 1.74. The molecule has 1 aromatic heterocycles. The van der Waals surface area contributed by atoms with E-state index in [1.165, 1.54) is 0 Å². The molecule has 2 aromatic rings. The van der Waals surface area contributed by atoms with E-state index < -0.39 is 5.91 Å². The van der Waals surface area contributed by atoms with Crippen LogP contribution >= 0.6 is 0 Å². The van der Waals surface area contributed by atoms with Gasteiger partial charge in [-0.05, 0) is 30.0 Å². The normalized spacial score (nSPS) is 16.6. The summed E-state index contributed by atoms with van der Waals surface area (Å²) in [5.74, 6) is 4.48. The van der Waals surface area contributed by atoms with Crippen LogP contribution in [0.2, 0.25) is 0 Å². The summed E-state index contributed by atoms with van der Waals surface area (Å²) in [5, 5.41) is 8.48. The van der Waals surface area contributed by atoms with E-state index in [0.29, 0.717) is 19.8 Å². The van der Waals surface area contributed by atoms with Gasteiger partial charge in [0.25, 0.3) is 5.91 Å². The van der Waals surface area contributed by atoms with Crippen molar-refractivity contribution in [2.75, 3.05) is 13.2 Å². The van der Waals surface area contributed by atoms with Crippen LogP contribution in [0.25, 0.3) is 11.3 Å². The minimum Gasteiger partial charge on any atom is -0.359 e. The highest BCUT2D eigenvalue weighted by molar-refractivity contribution is 5.92. The van der Waals surface area contributed by atoms with Crippen molar-refractivity contribution in [3.05, 3.63) is 35.5 Å². The zero-order chi connectivity index (χ0) is 19.4. The third-order valence-corrected chi connectivity index (χ3v) is 4.29. The van der Waals surface area contributed by atoms with Crippen LogP contribution in [0.3, 0.4) is 0 Å². The molecule has 3 rings (SSSR count). The highest BCUT2D eigenvalue weighted by Gasteiger charge is 2.28. The molecular formula is C20H24N4O3. The lowest BCUT2D eigenvalue weighted by molar-refractivity contribution is -0.227. The number of carbonyl (C=O) groups excluding carboxylic acids is 1. The van der Waals surface area contributed by atoms with Crippen molar-refractivity contribution in [1.82, 2.24) is 15.0 Å². The van der Waals surface area contributed by atoms with Crippen molar-refractivity contribution in [1.29, 1.82) is 0 Å². The van der Waals surface area contributed by atoms with E-state index in [2.05, 4.69) is 42.9 Å². The van der Waals surface area contributed by atoms with Crippen molar-refractivity contribution in [2.24, 2.45) is 11.1 Å². The standard InChI is InChI=1S/C20H24N4O3/c1-4-15-9-14(6-8-18(21)25)5-7-16(15)17-10-24(23-22-17)11-19-26-12-20(2,3)13-27-19/h5,7,9-10,19H,4,11-13H2,1-3H3,(H2,21,25). The van der Waals surface area contributed by atoms with Gasteiger partial charge in [-0.25, -0.2) is 4.68 Å². The van der Waals surface area contributed by atoms with E-state index in [0.717, 1.165) is 28.8 Å². The largest absolute Gasteiger partial charge is 0.359 e. The van der Waals surface area contributed by atoms with Gasteiger partial charge in [-0.2, -0.15) is 0 Å². The number of aromatic nitrogens is 3. The fourth-order valence-corrected chi connectivity index (χ4v) is 2.84. The van der Waals surface area contributed by atoms with Crippen LogP contribution < -0.4 is 5.73 Å². The van der Waals surface area contributed by atoms with Gasteiger partial charge in [-0.3, -0.25) is 4.79 Å². The number of amides is 1. The molecule has 142 valence electrons. The summed E-state index contributed by atoms with van der Waals surface area (Å²) in [5.41, 5.74) is 8.69. The Morgan fingerprint density at radius 1 is 1.37 bits per heavy atom. The quantitative estimate of drug-likeness (QED) is 0.830. The van der Waals surface area contributed by atoms with Gasteiger partial charge in [0.1, 0.15) is 5.69 Å². The van der Waals surface area contributed by atoms with Crippen molar-refractivity contribution in [2.45, 2.75) is 40.0 Å². The summed E-state index contributed by atoms with van der Waals surface area (Å²) in [6.07, 6.45) is 2.37. The molecule has 0 aliphatic carbocycles. The fourth-order valence-electron chi connectivity index (χ4n) is 2.84. The van der Waals surface area contributed by atoms with Crippen molar-refractivity contribution in [3.63, 3.8) is 0 Å². The zero-order valence-electron chi connectivity index (χ0n) is 15.9. The number of nitrogens with two attached hydrogens (primary N) is 1. The molecule has 1 aliphatic heterocycles. The third kappa shape index (κ3) is 4.94. The van der Waals surface area contributed by atoms with Crippen LogP contribution in [0.5, 0.6) is 0 Å². The van der Waals surface area contributed by atoms with E-state index in [-0.39, 0.29) is 11.7 Å². The Morgan fingerprint density at radius 2 is 2.11 bits per heavy atom. The minimum atomic E-state index is -0.643. The van der Waals surface area contributed by atoms with Gasteiger partial charge in [-0.15, -0.1) is 5.10 Å². The molecule has 0 unspecified atom stereocenters. The number of aryl methyl sites for hydroxylation is 1. The van der Waals surface area contributed by atoms with E-state index >= 15 is 0 Å².